The average Bonchev–Trinajstić information content (AvgIpc) is 2.84. The predicted octanol–water partition coefficient (Wildman–Crippen LogP) is 4.92. The van der Waals surface area contributed by atoms with E-state index in [2.05, 4.69) is 28.3 Å². The van der Waals surface area contributed by atoms with Crippen LogP contribution in [0.2, 0.25) is 0 Å². The van der Waals surface area contributed by atoms with Gasteiger partial charge in [-0.25, -0.2) is 15.0 Å². The van der Waals surface area contributed by atoms with E-state index in [-0.39, 0.29) is 6.04 Å². The van der Waals surface area contributed by atoms with Crippen molar-refractivity contribution in [3.63, 3.8) is 0 Å². The monoisotopic (exact) mass is 435 g/mol. The predicted molar refractivity (Wildman–Crippen MR) is 130 cm³/mol. The Balaban J connectivity index is 1.53. The first-order valence-electron chi connectivity index (χ1n) is 10.8. The number of hydrogen-bond acceptors (Lipinski definition) is 7. The molecule has 164 valence electrons. The Kier molecular flexibility index (Phi) is 6.56. The summed E-state index contributed by atoms with van der Waals surface area (Å²) < 4.78 is 0. The molecule has 2 heterocycles. The van der Waals surface area contributed by atoms with Gasteiger partial charge in [-0.2, -0.15) is 10.2 Å². The van der Waals surface area contributed by atoms with Crippen LogP contribution in [0.4, 0.5) is 17.6 Å². The molecule has 0 saturated carbocycles. The van der Waals surface area contributed by atoms with Crippen molar-refractivity contribution >= 4 is 17.6 Å². The first-order valence-corrected chi connectivity index (χ1v) is 10.8. The molecule has 33 heavy (non-hydrogen) atoms. The van der Waals surface area contributed by atoms with Crippen LogP contribution >= 0.6 is 0 Å². The zero-order chi connectivity index (χ0) is 23.2. The van der Waals surface area contributed by atoms with Gasteiger partial charge in [0.05, 0.1) is 11.6 Å². The third-order valence-electron chi connectivity index (χ3n) is 5.17. The second-order valence-corrected chi connectivity index (χ2v) is 7.92. The van der Waals surface area contributed by atoms with E-state index >= 15 is 0 Å². The summed E-state index contributed by atoms with van der Waals surface area (Å²) in [5.41, 5.74) is 3.57. The Morgan fingerprint density at radius 2 is 1.79 bits per heavy atom. The van der Waals surface area contributed by atoms with Crippen LogP contribution in [0.3, 0.4) is 0 Å². The highest BCUT2D eigenvalue weighted by Crippen LogP contribution is 2.24. The quantitative estimate of drug-likeness (QED) is 0.440. The lowest BCUT2D eigenvalue weighted by Crippen LogP contribution is -2.21. The van der Waals surface area contributed by atoms with Crippen molar-refractivity contribution in [1.82, 2.24) is 19.9 Å². The molecule has 0 fully saturated rings. The van der Waals surface area contributed by atoms with Gasteiger partial charge in [0.1, 0.15) is 11.6 Å². The first-order chi connectivity index (χ1) is 16.0. The fourth-order valence-corrected chi connectivity index (χ4v) is 3.56. The molecule has 0 saturated heterocycles. The third kappa shape index (κ3) is 5.49. The molecule has 1 atom stereocenters. The molecule has 0 unspecified atom stereocenters. The second kappa shape index (κ2) is 9.88. The van der Waals surface area contributed by atoms with Crippen molar-refractivity contribution in [1.29, 1.82) is 5.26 Å². The number of nitrogens with one attached hydrogen (secondary N) is 1. The normalized spacial score (nSPS) is 11.5. The molecule has 7 nitrogen and oxygen atoms in total. The smallest absolute Gasteiger partial charge is 0.225 e. The third-order valence-corrected chi connectivity index (χ3v) is 5.17. The van der Waals surface area contributed by atoms with Gasteiger partial charge in [0.2, 0.25) is 5.95 Å². The van der Waals surface area contributed by atoms with Crippen LogP contribution in [0.25, 0.3) is 11.4 Å². The summed E-state index contributed by atoms with van der Waals surface area (Å²) in [5.74, 6) is 2.70. The molecule has 0 bridgehead atoms. The molecule has 4 aromatic rings. The van der Waals surface area contributed by atoms with Gasteiger partial charge < -0.3 is 10.2 Å². The Labute approximate surface area is 193 Å². The number of anilines is 3. The maximum Gasteiger partial charge on any atom is 0.225 e. The van der Waals surface area contributed by atoms with E-state index in [0.29, 0.717) is 17.3 Å². The highest BCUT2D eigenvalue weighted by molar-refractivity contribution is 5.61. The molecule has 0 aliphatic heterocycles. The molecule has 2 aromatic carbocycles. The van der Waals surface area contributed by atoms with Crippen LogP contribution in [0.15, 0.2) is 72.9 Å². The Morgan fingerprint density at radius 1 is 0.970 bits per heavy atom. The maximum atomic E-state index is 9.12. The molecular weight excluding hydrogens is 410 g/mol. The topological polar surface area (TPSA) is 90.6 Å². The Morgan fingerprint density at radius 3 is 2.58 bits per heavy atom. The number of hydrogen-bond donors (Lipinski definition) is 1. The van der Waals surface area contributed by atoms with E-state index in [1.54, 1.807) is 6.20 Å². The lowest BCUT2D eigenvalue weighted by molar-refractivity contribution is 0.775. The largest absolute Gasteiger partial charge is 0.351 e. The van der Waals surface area contributed by atoms with Gasteiger partial charge in [0.25, 0.3) is 0 Å². The Bertz CT molecular complexity index is 1280. The summed E-state index contributed by atoms with van der Waals surface area (Å²) in [6.07, 6.45) is 2.51. The lowest BCUT2D eigenvalue weighted by atomic mass is 10.0. The van der Waals surface area contributed by atoms with Crippen LogP contribution in [-0.4, -0.2) is 33.0 Å². The summed E-state index contributed by atoms with van der Waals surface area (Å²) in [6, 6.07) is 23.6. The molecule has 0 radical (unpaired) electrons. The van der Waals surface area contributed by atoms with Crippen LogP contribution in [-0.2, 0) is 6.42 Å². The minimum absolute atomic E-state index is 0.0858. The number of nitrogens with zero attached hydrogens (tertiary/aromatic N) is 6. The molecule has 2 aromatic heterocycles. The van der Waals surface area contributed by atoms with E-state index in [4.69, 9.17) is 15.2 Å². The first kappa shape index (κ1) is 21.9. The minimum Gasteiger partial charge on any atom is -0.351 e. The fraction of sp³-hybridized carbons (Fsp3) is 0.192. The molecule has 0 spiro atoms. The highest BCUT2D eigenvalue weighted by Gasteiger charge is 2.13. The van der Waals surface area contributed by atoms with Gasteiger partial charge in [0.15, 0.2) is 5.82 Å². The van der Waals surface area contributed by atoms with Gasteiger partial charge in [0, 0.05) is 36.6 Å². The maximum absolute atomic E-state index is 9.12. The highest BCUT2D eigenvalue weighted by atomic mass is 15.3. The standard InChI is InChI=1S/C26H25N7/c1-18(14-20-8-7-9-21(16-20)17-27)29-26-30-19(2)15-24(32-26)33(3)23-12-13-28-25(31-23)22-10-5-4-6-11-22/h4-13,15-16,18H,14H2,1-3H3,(H,29,30,32)/t18-/m0/s1. The molecular formula is C26H25N7. The van der Waals surface area contributed by atoms with Crippen molar-refractivity contribution in [2.24, 2.45) is 0 Å². The van der Waals surface area contributed by atoms with Crippen LogP contribution in [0.5, 0.6) is 0 Å². The van der Waals surface area contributed by atoms with Crippen molar-refractivity contribution in [3.05, 3.63) is 89.7 Å². The number of aryl methyl sites for hydroxylation is 1. The van der Waals surface area contributed by atoms with Crippen LogP contribution in [0, 0.1) is 18.3 Å². The van der Waals surface area contributed by atoms with Crippen molar-refractivity contribution in [2.45, 2.75) is 26.3 Å². The SMILES string of the molecule is Cc1cc(N(C)c2ccnc(-c3ccccc3)n2)nc(N[C@@H](C)Cc2cccc(C#N)c2)n1. The second-order valence-electron chi connectivity index (χ2n) is 7.92. The van der Waals surface area contributed by atoms with Crippen LogP contribution < -0.4 is 10.2 Å². The molecule has 1 N–H and O–H groups in total. The van der Waals surface area contributed by atoms with Gasteiger partial charge in [-0.05, 0) is 44.0 Å². The van der Waals surface area contributed by atoms with Crippen molar-refractivity contribution in [3.8, 4) is 17.5 Å². The lowest BCUT2D eigenvalue weighted by Gasteiger charge is -2.20. The summed E-state index contributed by atoms with van der Waals surface area (Å²) in [4.78, 5) is 20.3. The molecule has 0 amide bonds. The number of benzene rings is 2. The molecule has 0 aliphatic carbocycles. The van der Waals surface area contributed by atoms with E-state index in [9.17, 15) is 0 Å². The molecule has 0 aliphatic rings. The van der Waals surface area contributed by atoms with E-state index in [1.165, 1.54) is 0 Å². The van der Waals surface area contributed by atoms with Gasteiger partial charge in [-0.1, -0.05) is 42.5 Å². The number of nitriles is 1. The van der Waals surface area contributed by atoms with Crippen LogP contribution in [0.1, 0.15) is 23.7 Å². The zero-order valence-electron chi connectivity index (χ0n) is 18.9. The minimum atomic E-state index is 0.0858. The summed E-state index contributed by atoms with van der Waals surface area (Å²) in [5, 5.41) is 12.5. The average molecular weight is 436 g/mol. The van der Waals surface area contributed by atoms with E-state index in [0.717, 1.165) is 34.9 Å². The van der Waals surface area contributed by atoms with Crippen molar-refractivity contribution in [2.75, 3.05) is 17.3 Å². The van der Waals surface area contributed by atoms with E-state index in [1.807, 2.05) is 85.6 Å². The fourth-order valence-electron chi connectivity index (χ4n) is 3.56. The number of aromatic nitrogens is 4. The Hall–Kier alpha value is -4.31. The summed E-state index contributed by atoms with van der Waals surface area (Å²) in [6.45, 7) is 4.02. The van der Waals surface area contributed by atoms with Gasteiger partial charge >= 0.3 is 0 Å². The van der Waals surface area contributed by atoms with Gasteiger partial charge in [-0.15, -0.1) is 0 Å². The van der Waals surface area contributed by atoms with E-state index < -0.39 is 0 Å². The summed E-state index contributed by atoms with van der Waals surface area (Å²) in [7, 11) is 1.93. The number of rotatable bonds is 7. The molecule has 7 heteroatoms. The zero-order valence-corrected chi connectivity index (χ0v) is 18.9. The molecule has 4 rings (SSSR count). The van der Waals surface area contributed by atoms with Crippen molar-refractivity contribution < 1.29 is 0 Å². The summed E-state index contributed by atoms with van der Waals surface area (Å²) >= 11 is 0. The van der Waals surface area contributed by atoms with Gasteiger partial charge in [-0.3, -0.25) is 0 Å².